The van der Waals surface area contributed by atoms with Crippen LogP contribution in [0, 0.1) is 0 Å². The molecular formula is C36H41N8O3PS. The van der Waals surface area contributed by atoms with E-state index in [0.29, 0.717) is 30.1 Å². The van der Waals surface area contributed by atoms with Crippen LogP contribution in [-0.2, 0) is 19.4 Å². The van der Waals surface area contributed by atoms with E-state index in [2.05, 4.69) is 105 Å². The summed E-state index contributed by atoms with van der Waals surface area (Å²) in [7, 11) is 5.43. The van der Waals surface area contributed by atoms with E-state index in [0.717, 1.165) is 41.9 Å². The third-order valence-electron chi connectivity index (χ3n) is 9.35. The lowest BCUT2D eigenvalue weighted by molar-refractivity contribution is -0.145. The number of nitrogens with zero attached hydrogens (tertiary/aromatic N) is 8. The van der Waals surface area contributed by atoms with Crippen molar-refractivity contribution in [2.75, 3.05) is 47.4 Å². The largest absolute Gasteiger partial charge is 0.363 e. The molecule has 0 aliphatic carbocycles. The van der Waals surface area contributed by atoms with Gasteiger partial charge in [-0.3, -0.25) is 14.0 Å². The van der Waals surface area contributed by atoms with Crippen LogP contribution in [0.15, 0.2) is 109 Å². The summed E-state index contributed by atoms with van der Waals surface area (Å²) in [6.07, 6.45) is 4.23. The maximum absolute atomic E-state index is 13.2. The highest BCUT2D eigenvalue weighted by Gasteiger charge is 2.47. The number of fused-ring (bicyclic) bond motifs is 1. The van der Waals surface area contributed by atoms with Gasteiger partial charge in [-0.15, -0.1) is 0 Å². The van der Waals surface area contributed by atoms with Crippen molar-refractivity contribution in [3.05, 3.63) is 120 Å². The summed E-state index contributed by atoms with van der Waals surface area (Å²) in [6, 6.07) is 31.6. The molecule has 3 atom stereocenters. The van der Waals surface area contributed by atoms with E-state index in [1.165, 1.54) is 11.0 Å². The van der Waals surface area contributed by atoms with Crippen molar-refractivity contribution in [2.24, 2.45) is 4.99 Å². The van der Waals surface area contributed by atoms with E-state index in [1.54, 1.807) is 20.4 Å². The number of likely N-dealkylation sites (tertiary alicyclic amines) is 1. The molecule has 0 saturated carbocycles. The van der Waals surface area contributed by atoms with Gasteiger partial charge in [0.2, 0.25) is 0 Å². The van der Waals surface area contributed by atoms with Crippen molar-refractivity contribution >= 4 is 41.8 Å². The fourth-order valence-electron chi connectivity index (χ4n) is 6.91. The third kappa shape index (κ3) is 6.57. The average molecular weight is 697 g/mol. The summed E-state index contributed by atoms with van der Waals surface area (Å²) in [5.74, 6) is 1.52. The molecule has 0 bridgehead atoms. The van der Waals surface area contributed by atoms with Crippen LogP contribution in [0.3, 0.4) is 0 Å². The van der Waals surface area contributed by atoms with Crippen molar-refractivity contribution in [3.63, 3.8) is 0 Å². The molecule has 2 fully saturated rings. The maximum Gasteiger partial charge on any atom is 0.325 e. The summed E-state index contributed by atoms with van der Waals surface area (Å²) in [5, 5.41) is 0. The van der Waals surface area contributed by atoms with Crippen LogP contribution in [0.1, 0.15) is 35.8 Å². The van der Waals surface area contributed by atoms with Crippen molar-refractivity contribution in [2.45, 2.75) is 30.7 Å². The zero-order valence-corrected chi connectivity index (χ0v) is 29.7. The van der Waals surface area contributed by atoms with Crippen LogP contribution < -0.4 is 0 Å². The number of aromatic nitrogens is 4. The first-order valence-corrected chi connectivity index (χ1v) is 19.2. The van der Waals surface area contributed by atoms with Gasteiger partial charge >= 0.3 is 6.72 Å². The molecule has 2 aromatic heterocycles. The molecule has 2 aliphatic heterocycles. The standard InChI is InChI=1S/C36H41N8O3PS/c1-41(2)48(45,49)46-24-30-22-43(36(27-14-7-4-8-15-27,28-16-9-5-10-17-28)29-18-11-6-12-19-29)23-32(47-30)44-26-39-33-34(37-25-38-35(33)44)40-31-20-13-21-42(31)3/h4-12,14-19,25-26,30,32H,13,20-24H2,1-3H3,(H,45,49)/b40-31+/t30-,32+,48-/m0/s1. The number of aliphatic imine (C=N–C) groups is 1. The van der Waals surface area contributed by atoms with Gasteiger partial charge in [-0.2, -0.15) is 0 Å². The number of morpholine rings is 1. The van der Waals surface area contributed by atoms with Crippen LogP contribution in [0.4, 0.5) is 5.82 Å². The Labute approximate surface area is 292 Å². The molecule has 0 spiro atoms. The number of hydrogen-bond donors (Lipinski definition) is 1. The normalized spacial score (nSPS) is 21.1. The number of ether oxygens (including phenoxy) is 1. The Balaban J connectivity index is 1.37. The fraction of sp³-hybridized carbons (Fsp3) is 0.333. The highest BCUT2D eigenvalue weighted by Crippen LogP contribution is 2.54. The predicted octanol–water partition coefficient (Wildman–Crippen LogP) is 6.39. The van der Waals surface area contributed by atoms with Crippen LogP contribution in [0.25, 0.3) is 11.2 Å². The number of thiol groups is 1. The van der Waals surface area contributed by atoms with Gasteiger partial charge in [0.25, 0.3) is 0 Å². The molecule has 0 unspecified atom stereocenters. The second kappa shape index (κ2) is 14.1. The zero-order chi connectivity index (χ0) is 34.0. The van der Waals surface area contributed by atoms with E-state index in [1.807, 2.05) is 29.8 Å². The molecule has 11 nitrogen and oxygen atoms in total. The minimum atomic E-state index is -3.34. The number of imidazole rings is 1. The molecule has 7 rings (SSSR count). The van der Waals surface area contributed by atoms with Gasteiger partial charge in [0, 0.05) is 33.1 Å². The van der Waals surface area contributed by atoms with Gasteiger partial charge in [0.05, 0.1) is 24.6 Å². The van der Waals surface area contributed by atoms with E-state index in [9.17, 15) is 4.57 Å². The Morgan fingerprint density at radius 3 is 2.10 bits per heavy atom. The lowest BCUT2D eigenvalue weighted by Crippen LogP contribution is -2.57. The molecule has 2 aliphatic rings. The Morgan fingerprint density at radius 2 is 1.55 bits per heavy atom. The lowest BCUT2D eigenvalue weighted by atomic mass is 9.75. The van der Waals surface area contributed by atoms with E-state index in [4.69, 9.17) is 19.2 Å². The van der Waals surface area contributed by atoms with Gasteiger partial charge in [0.1, 0.15) is 18.4 Å². The predicted molar refractivity (Wildman–Crippen MR) is 195 cm³/mol. The second-order valence-electron chi connectivity index (χ2n) is 12.6. The fourth-order valence-corrected chi connectivity index (χ4v) is 7.70. The SMILES string of the molecule is CN1CCC/C1=N\c1ncnc2c1ncn2[C@H]1CN(C(c2ccccc2)(c2ccccc2)c2ccccc2)C[C@@H](CO[P@](=O)(S)N(C)C)O1. The minimum absolute atomic E-state index is 0.0628. The molecule has 254 valence electrons. The molecule has 0 amide bonds. The summed E-state index contributed by atoms with van der Waals surface area (Å²) in [4.78, 5) is 23.4. The van der Waals surface area contributed by atoms with E-state index >= 15 is 0 Å². The second-order valence-corrected chi connectivity index (χ2v) is 16.2. The highest BCUT2D eigenvalue weighted by atomic mass is 32.7. The van der Waals surface area contributed by atoms with Crippen LogP contribution >= 0.6 is 19.0 Å². The van der Waals surface area contributed by atoms with Crippen molar-refractivity contribution in [1.82, 2.24) is 34.0 Å². The van der Waals surface area contributed by atoms with Crippen molar-refractivity contribution < 1.29 is 13.8 Å². The molecule has 2 saturated heterocycles. The highest BCUT2D eigenvalue weighted by molar-refractivity contribution is 8.45. The Bertz CT molecular complexity index is 1860. The molecular weight excluding hydrogens is 655 g/mol. The number of benzene rings is 3. The number of hydrogen-bond acceptors (Lipinski definition) is 8. The molecule has 5 aromatic rings. The monoisotopic (exact) mass is 696 g/mol. The Kier molecular flexibility index (Phi) is 9.70. The van der Waals surface area contributed by atoms with Gasteiger partial charge in [0.15, 0.2) is 17.0 Å². The van der Waals surface area contributed by atoms with Gasteiger partial charge in [-0.25, -0.2) is 24.6 Å². The quantitative estimate of drug-likeness (QED) is 0.101. The van der Waals surface area contributed by atoms with Crippen molar-refractivity contribution in [3.8, 4) is 0 Å². The molecule has 0 N–H and O–H groups in total. The molecule has 13 heteroatoms. The third-order valence-corrected chi connectivity index (χ3v) is 12.3. The maximum atomic E-state index is 13.2. The zero-order valence-electron chi connectivity index (χ0n) is 27.9. The summed E-state index contributed by atoms with van der Waals surface area (Å²) >= 11 is 4.37. The van der Waals surface area contributed by atoms with Crippen LogP contribution in [-0.4, -0.2) is 93.3 Å². The van der Waals surface area contributed by atoms with E-state index < -0.39 is 24.6 Å². The Morgan fingerprint density at radius 1 is 0.939 bits per heavy atom. The summed E-state index contributed by atoms with van der Waals surface area (Å²) in [5.41, 5.74) is 3.84. The Hall–Kier alpha value is -3.90. The molecule has 0 radical (unpaired) electrons. The number of amidine groups is 1. The van der Waals surface area contributed by atoms with E-state index in [-0.39, 0.29) is 6.61 Å². The average Bonchev–Trinajstić information content (AvgIpc) is 3.75. The van der Waals surface area contributed by atoms with Gasteiger partial charge in [-0.05, 0) is 37.2 Å². The minimum Gasteiger partial charge on any atom is -0.363 e. The van der Waals surface area contributed by atoms with Gasteiger partial charge < -0.3 is 14.2 Å². The first-order chi connectivity index (χ1) is 23.8. The topological polar surface area (TPSA) is 101 Å². The van der Waals surface area contributed by atoms with Crippen LogP contribution in [0.5, 0.6) is 0 Å². The molecule has 4 heterocycles. The van der Waals surface area contributed by atoms with Gasteiger partial charge in [-0.1, -0.05) is 103 Å². The molecule has 3 aromatic carbocycles. The summed E-state index contributed by atoms with van der Waals surface area (Å²) in [6.45, 7) is -1.36. The smallest absolute Gasteiger partial charge is 0.325 e. The van der Waals surface area contributed by atoms with Crippen molar-refractivity contribution in [1.29, 1.82) is 0 Å². The summed E-state index contributed by atoms with van der Waals surface area (Å²) < 4.78 is 29.5. The first-order valence-electron chi connectivity index (χ1n) is 16.5. The van der Waals surface area contributed by atoms with Crippen LogP contribution in [0.2, 0.25) is 0 Å². The molecule has 49 heavy (non-hydrogen) atoms. The lowest BCUT2D eigenvalue weighted by Gasteiger charge is -2.50. The first kappa shape index (κ1) is 33.6. The number of rotatable bonds is 10.